The van der Waals surface area contributed by atoms with Crippen LogP contribution in [0.25, 0.3) is 0 Å². The molecule has 1 rings (SSSR count). The smallest absolute Gasteiger partial charge is 0.252 e. The Kier molecular flexibility index (Phi) is 3.14. The Hall–Kier alpha value is -1.22. The van der Waals surface area contributed by atoms with Crippen molar-refractivity contribution >= 4 is 23.2 Å². The van der Waals surface area contributed by atoms with Crippen LogP contribution in [-0.4, -0.2) is 12.5 Å². The lowest BCUT2D eigenvalue weighted by molar-refractivity contribution is 0.100. The number of rotatable bonds is 3. The van der Waals surface area contributed by atoms with Gasteiger partial charge in [0.15, 0.2) is 0 Å². The maximum atomic E-state index is 11.0. The third-order valence-corrected chi connectivity index (χ3v) is 1.94. The van der Waals surface area contributed by atoms with E-state index >= 15 is 0 Å². The lowest BCUT2D eigenvalue weighted by atomic mass is 10.1. The number of benzene rings is 1. The molecule has 70 valence electrons. The van der Waals surface area contributed by atoms with E-state index in [0.717, 1.165) is 6.54 Å². The molecule has 0 aliphatic rings. The minimum absolute atomic E-state index is 0.353. The van der Waals surface area contributed by atoms with Gasteiger partial charge in [-0.1, -0.05) is 17.7 Å². The lowest BCUT2D eigenvalue weighted by Gasteiger charge is -2.08. The predicted octanol–water partition coefficient (Wildman–Crippen LogP) is 1.87. The van der Waals surface area contributed by atoms with Crippen molar-refractivity contribution in [2.75, 3.05) is 11.9 Å². The maximum absolute atomic E-state index is 11.0. The van der Waals surface area contributed by atoms with Gasteiger partial charge in [-0.15, -0.1) is 0 Å². The van der Waals surface area contributed by atoms with E-state index in [2.05, 4.69) is 5.32 Å². The molecule has 0 atom stereocenters. The molecule has 0 radical (unpaired) electrons. The van der Waals surface area contributed by atoms with E-state index in [-0.39, 0.29) is 0 Å². The number of nitrogens with two attached hydrogens (primary N) is 1. The first-order valence-electron chi connectivity index (χ1n) is 3.99. The third-order valence-electron chi connectivity index (χ3n) is 1.63. The van der Waals surface area contributed by atoms with E-state index in [0.29, 0.717) is 16.3 Å². The number of primary amides is 1. The van der Waals surface area contributed by atoms with Crippen LogP contribution in [0.15, 0.2) is 18.2 Å². The van der Waals surface area contributed by atoms with Gasteiger partial charge >= 0.3 is 0 Å². The van der Waals surface area contributed by atoms with Crippen molar-refractivity contribution in [2.24, 2.45) is 5.73 Å². The molecule has 0 saturated carbocycles. The number of carbonyl (C=O) groups excluding carboxylic acids is 1. The second kappa shape index (κ2) is 4.14. The normalized spacial score (nSPS) is 9.69. The van der Waals surface area contributed by atoms with Gasteiger partial charge in [0.05, 0.1) is 10.6 Å². The quantitative estimate of drug-likeness (QED) is 0.779. The second-order valence-corrected chi connectivity index (χ2v) is 2.96. The number of hydrogen-bond acceptors (Lipinski definition) is 2. The molecule has 0 bridgehead atoms. The fraction of sp³-hybridized carbons (Fsp3) is 0.222. The predicted molar refractivity (Wildman–Crippen MR) is 54.1 cm³/mol. The molecule has 0 unspecified atom stereocenters. The molecule has 3 N–H and O–H groups in total. The Morgan fingerprint density at radius 2 is 2.31 bits per heavy atom. The standard InChI is InChI=1S/C9H11ClN2O/c1-2-12-7-5-3-4-6(10)8(7)9(11)13/h3-5,12H,2H2,1H3,(H2,11,13). The first-order chi connectivity index (χ1) is 6.16. The molecule has 13 heavy (non-hydrogen) atoms. The molecule has 1 aromatic carbocycles. The Bertz CT molecular complexity index is 325. The molecule has 0 aliphatic heterocycles. The average molecular weight is 199 g/mol. The highest BCUT2D eigenvalue weighted by Crippen LogP contribution is 2.23. The number of amides is 1. The molecule has 3 nitrogen and oxygen atoms in total. The summed E-state index contributed by atoms with van der Waals surface area (Å²) in [6.45, 7) is 2.66. The molecule has 1 aromatic rings. The second-order valence-electron chi connectivity index (χ2n) is 2.56. The van der Waals surface area contributed by atoms with Crippen LogP contribution in [0.2, 0.25) is 5.02 Å². The highest BCUT2D eigenvalue weighted by atomic mass is 35.5. The molecule has 0 aliphatic carbocycles. The zero-order valence-electron chi connectivity index (χ0n) is 7.30. The van der Waals surface area contributed by atoms with E-state index in [1.165, 1.54) is 0 Å². The fourth-order valence-corrected chi connectivity index (χ4v) is 1.38. The summed E-state index contributed by atoms with van der Waals surface area (Å²) in [6, 6.07) is 5.19. The van der Waals surface area contributed by atoms with Gasteiger partial charge in [0, 0.05) is 12.2 Å². The molecule has 0 aromatic heterocycles. The summed E-state index contributed by atoms with van der Waals surface area (Å²) in [6.07, 6.45) is 0. The van der Waals surface area contributed by atoms with Crippen LogP contribution in [0.1, 0.15) is 17.3 Å². The molecular weight excluding hydrogens is 188 g/mol. The van der Waals surface area contributed by atoms with Crippen molar-refractivity contribution in [3.05, 3.63) is 28.8 Å². The Labute approximate surface area is 81.9 Å². The Morgan fingerprint density at radius 1 is 1.62 bits per heavy atom. The maximum Gasteiger partial charge on any atom is 0.252 e. The van der Waals surface area contributed by atoms with Crippen LogP contribution >= 0.6 is 11.6 Å². The van der Waals surface area contributed by atoms with Crippen molar-refractivity contribution < 1.29 is 4.79 Å². The summed E-state index contributed by atoms with van der Waals surface area (Å²) >= 11 is 5.82. The summed E-state index contributed by atoms with van der Waals surface area (Å²) in [5.41, 5.74) is 6.22. The highest BCUT2D eigenvalue weighted by Gasteiger charge is 2.10. The SMILES string of the molecule is CCNc1cccc(Cl)c1C(N)=O. The molecule has 0 saturated heterocycles. The van der Waals surface area contributed by atoms with Crippen molar-refractivity contribution in [2.45, 2.75) is 6.92 Å². The number of anilines is 1. The summed E-state index contributed by atoms with van der Waals surface area (Å²) in [5.74, 6) is -0.512. The van der Waals surface area contributed by atoms with Crippen LogP contribution in [0.5, 0.6) is 0 Å². The largest absolute Gasteiger partial charge is 0.385 e. The van der Waals surface area contributed by atoms with Gasteiger partial charge in [-0.3, -0.25) is 4.79 Å². The van der Waals surface area contributed by atoms with Crippen LogP contribution in [-0.2, 0) is 0 Å². The molecule has 1 amide bonds. The van der Waals surface area contributed by atoms with Crippen molar-refractivity contribution in [1.82, 2.24) is 0 Å². The zero-order valence-corrected chi connectivity index (χ0v) is 8.06. The van der Waals surface area contributed by atoms with Crippen LogP contribution < -0.4 is 11.1 Å². The summed E-state index contributed by atoms with van der Waals surface area (Å²) in [5, 5.41) is 3.39. The zero-order chi connectivity index (χ0) is 9.84. The first kappa shape index (κ1) is 9.86. The molecular formula is C9H11ClN2O. The van der Waals surface area contributed by atoms with E-state index in [1.54, 1.807) is 18.2 Å². The summed E-state index contributed by atoms with van der Waals surface area (Å²) in [7, 11) is 0. The van der Waals surface area contributed by atoms with E-state index in [1.807, 2.05) is 6.92 Å². The lowest BCUT2D eigenvalue weighted by Crippen LogP contribution is -2.14. The topological polar surface area (TPSA) is 55.1 Å². The number of hydrogen-bond donors (Lipinski definition) is 2. The van der Waals surface area contributed by atoms with Crippen LogP contribution in [0.3, 0.4) is 0 Å². The summed E-state index contributed by atoms with van der Waals surface area (Å²) < 4.78 is 0. The van der Waals surface area contributed by atoms with Crippen LogP contribution in [0.4, 0.5) is 5.69 Å². The van der Waals surface area contributed by atoms with E-state index in [4.69, 9.17) is 17.3 Å². The molecule has 0 spiro atoms. The van der Waals surface area contributed by atoms with Gasteiger partial charge in [0.1, 0.15) is 0 Å². The molecule has 4 heteroatoms. The van der Waals surface area contributed by atoms with Gasteiger partial charge in [0.2, 0.25) is 0 Å². The van der Waals surface area contributed by atoms with Crippen molar-refractivity contribution in [3.63, 3.8) is 0 Å². The highest BCUT2D eigenvalue weighted by molar-refractivity contribution is 6.34. The monoisotopic (exact) mass is 198 g/mol. The Balaban J connectivity index is 3.17. The van der Waals surface area contributed by atoms with Gasteiger partial charge < -0.3 is 11.1 Å². The minimum Gasteiger partial charge on any atom is -0.385 e. The minimum atomic E-state index is -0.512. The third kappa shape index (κ3) is 2.12. The Morgan fingerprint density at radius 3 is 2.85 bits per heavy atom. The number of carbonyl (C=O) groups is 1. The van der Waals surface area contributed by atoms with Gasteiger partial charge in [0.25, 0.3) is 5.91 Å². The van der Waals surface area contributed by atoms with E-state index < -0.39 is 5.91 Å². The van der Waals surface area contributed by atoms with Crippen LogP contribution in [0, 0.1) is 0 Å². The molecule has 0 fully saturated rings. The van der Waals surface area contributed by atoms with Crippen molar-refractivity contribution in [3.8, 4) is 0 Å². The van der Waals surface area contributed by atoms with Gasteiger partial charge in [-0.2, -0.15) is 0 Å². The van der Waals surface area contributed by atoms with Crippen molar-refractivity contribution in [1.29, 1.82) is 0 Å². The molecule has 0 heterocycles. The van der Waals surface area contributed by atoms with E-state index in [9.17, 15) is 4.79 Å². The fourth-order valence-electron chi connectivity index (χ4n) is 1.11. The average Bonchev–Trinajstić information content (AvgIpc) is 2.04. The number of halogens is 1. The number of nitrogens with one attached hydrogen (secondary N) is 1. The summed E-state index contributed by atoms with van der Waals surface area (Å²) in [4.78, 5) is 11.0. The first-order valence-corrected chi connectivity index (χ1v) is 4.36. The van der Waals surface area contributed by atoms with Gasteiger partial charge in [-0.25, -0.2) is 0 Å². The van der Waals surface area contributed by atoms with Gasteiger partial charge in [-0.05, 0) is 19.1 Å².